The number of thioether (sulfide) groups is 1. The average Bonchev–Trinajstić information content (AvgIpc) is 2.53. The number of benzene rings is 2. The summed E-state index contributed by atoms with van der Waals surface area (Å²) in [5, 5.41) is 3.38. The molecule has 0 aromatic heterocycles. The number of rotatable bonds is 6. The van der Waals surface area contributed by atoms with Gasteiger partial charge in [-0.05, 0) is 30.3 Å². The number of hydrogen-bond acceptors (Lipinski definition) is 3. The minimum Gasteiger partial charge on any atom is -0.495 e. The van der Waals surface area contributed by atoms with Crippen LogP contribution >= 0.6 is 23.4 Å². The van der Waals surface area contributed by atoms with E-state index in [9.17, 15) is 4.79 Å². The quantitative estimate of drug-likeness (QED) is 0.605. The summed E-state index contributed by atoms with van der Waals surface area (Å²) < 4.78 is 5.24. The van der Waals surface area contributed by atoms with Crippen LogP contribution in [0.25, 0.3) is 0 Å². The Kier molecular flexibility index (Phi) is 5.92. The van der Waals surface area contributed by atoms with E-state index in [2.05, 4.69) is 11.9 Å². The number of hydrogen-bond donors (Lipinski definition) is 1. The topological polar surface area (TPSA) is 38.3 Å². The highest BCUT2D eigenvalue weighted by Crippen LogP contribution is 2.29. The normalized spacial score (nSPS) is 10.1. The molecule has 0 bridgehead atoms. The molecule has 0 heterocycles. The lowest BCUT2D eigenvalue weighted by Gasteiger charge is -2.12. The maximum Gasteiger partial charge on any atom is 0.256 e. The van der Waals surface area contributed by atoms with E-state index in [1.807, 2.05) is 18.2 Å². The maximum absolute atomic E-state index is 12.5. The standard InChI is InChI=1S/C17H16ClNO2S/c1-3-10-22-16-7-5-4-6-13(16)17(20)19-14-11-12(18)8-9-15(14)21-2/h3-9,11H,1,10H2,2H3,(H,19,20). The Morgan fingerprint density at radius 2 is 2.14 bits per heavy atom. The van der Waals surface area contributed by atoms with E-state index in [4.69, 9.17) is 16.3 Å². The van der Waals surface area contributed by atoms with Crippen molar-refractivity contribution in [2.45, 2.75) is 4.90 Å². The molecule has 2 aromatic carbocycles. The first-order valence-electron chi connectivity index (χ1n) is 6.63. The molecule has 2 aromatic rings. The SMILES string of the molecule is C=CCSc1ccccc1C(=O)Nc1cc(Cl)ccc1OC. The van der Waals surface area contributed by atoms with Crippen molar-refractivity contribution in [3.63, 3.8) is 0 Å². The van der Waals surface area contributed by atoms with Crippen molar-refractivity contribution in [1.29, 1.82) is 0 Å². The highest BCUT2D eigenvalue weighted by molar-refractivity contribution is 7.99. The van der Waals surface area contributed by atoms with Crippen molar-refractivity contribution in [3.05, 3.63) is 65.7 Å². The third kappa shape index (κ3) is 4.06. The zero-order valence-electron chi connectivity index (χ0n) is 12.1. The minimum absolute atomic E-state index is 0.201. The first-order chi connectivity index (χ1) is 10.7. The number of carbonyl (C=O) groups excluding carboxylic acids is 1. The second-order valence-electron chi connectivity index (χ2n) is 4.39. The molecular weight excluding hydrogens is 318 g/mol. The summed E-state index contributed by atoms with van der Waals surface area (Å²) in [6.07, 6.45) is 1.80. The summed E-state index contributed by atoms with van der Waals surface area (Å²) in [7, 11) is 1.55. The summed E-state index contributed by atoms with van der Waals surface area (Å²) >= 11 is 7.54. The molecule has 0 aliphatic carbocycles. The van der Waals surface area contributed by atoms with E-state index in [-0.39, 0.29) is 5.91 Å². The molecule has 0 unspecified atom stereocenters. The number of amides is 1. The van der Waals surface area contributed by atoms with Crippen LogP contribution in [0, 0.1) is 0 Å². The number of ether oxygens (including phenoxy) is 1. The van der Waals surface area contributed by atoms with Crippen LogP contribution in [0.15, 0.2) is 60.0 Å². The van der Waals surface area contributed by atoms with Crippen LogP contribution in [0.2, 0.25) is 5.02 Å². The molecule has 0 atom stereocenters. The van der Waals surface area contributed by atoms with Gasteiger partial charge in [-0.2, -0.15) is 0 Å². The van der Waals surface area contributed by atoms with E-state index in [1.165, 1.54) is 0 Å². The average molecular weight is 334 g/mol. The second-order valence-corrected chi connectivity index (χ2v) is 5.89. The molecule has 5 heteroatoms. The van der Waals surface area contributed by atoms with Crippen LogP contribution in [0.1, 0.15) is 10.4 Å². The van der Waals surface area contributed by atoms with Crippen LogP contribution in [-0.4, -0.2) is 18.8 Å². The molecule has 1 amide bonds. The molecule has 0 aliphatic heterocycles. The fourth-order valence-electron chi connectivity index (χ4n) is 1.90. The van der Waals surface area contributed by atoms with Crippen molar-refractivity contribution in [3.8, 4) is 5.75 Å². The molecule has 0 saturated heterocycles. The molecule has 0 radical (unpaired) electrons. The lowest BCUT2D eigenvalue weighted by atomic mass is 10.2. The van der Waals surface area contributed by atoms with Gasteiger partial charge in [-0.1, -0.05) is 29.8 Å². The predicted molar refractivity (Wildman–Crippen MR) is 93.3 cm³/mol. The minimum atomic E-state index is -0.201. The number of halogens is 1. The number of carbonyl (C=O) groups is 1. The lowest BCUT2D eigenvalue weighted by Crippen LogP contribution is -2.13. The molecule has 114 valence electrons. The molecular formula is C17H16ClNO2S. The second kappa shape index (κ2) is 7.92. The van der Waals surface area contributed by atoms with E-state index in [0.29, 0.717) is 22.0 Å². The maximum atomic E-state index is 12.5. The molecule has 3 nitrogen and oxygen atoms in total. The van der Waals surface area contributed by atoms with Crippen LogP contribution in [0.3, 0.4) is 0 Å². The molecule has 0 fully saturated rings. The van der Waals surface area contributed by atoms with Gasteiger partial charge in [0.15, 0.2) is 0 Å². The van der Waals surface area contributed by atoms with Gasteiger partial charge < -0.3 is 10.1 Å². The molecule has 2 rings (SSSR count). The van der Waals surface area contributed by atoms with Crippen molar-refractivity contribution in [1.82, 2.24) is 0 Å². The van der Waals surface area contributed by atoms with Gasteiger partial charge in [-0.3, -0.25) is 4.79 Å². The number of nitrogens with one attached hydrogen (secondary N) is 1. The highest BCUT2D eigenvalue weighted by Gasteiger charge is 2.13. The van der Waals surface area contributed by atoms with E-state index >= 15 is 0 Å². The smallest absolute Gasteiger partial charge is 0.256 e. The summed E-state index contributed by atoms with van der Waals surface area (Å²) in [6.45, 7) is 3.70. The molecule has 0 saturated carbocycles. The highest BCUT2D eigenvalue weighted by atomic mass is 35.5. The van der Waals surface area contributed by atoms with Gasteiger partial charge in [0.1, 0.15) is 5.75 Å². The van der Waals surface area contributed by atoms with Gasteiger partial charge in [0.2, 0.25) is 0 Å². The van der Waals surface area contributed by atoms with E-state index < -0.39 is 0 Å². The van der Waals surface area contributed by atoms with E-state index in [1.54, 1.807) is 49.2 Å². The van der Waals surface area contributed by atoms with Gasteiger partial charge in [0.05, 0.1) is 18.4 Å². The summed E-state index contributed by atoms with van der Waals surface area (Å²) in [6, 6.07) is 12.5. The fraction of sp³-hybridized carbons (Fsp3) is 0.118. The molecule has 0 spiro atoms. The number of anilines is 1. The van der Waals surface area contributed by atoms with Gasteiger partial charge in [0.25, 0.3) is 5.91 Å². The monoisotopic (exact) mass is 333 g/mol. The van der Waals surface area contributed by atoms with Crippen molar-refractivity contribution < 1.29 is 9.53 Å². The third-order valence-corrected chi connectivity index (χ3v) is 4.20. The molecule has 1 N–H and O–H groups in total. The Balaban J connectivity index is 2.26. The molecule has 22 heavy (non-hydrogen) atoms. The van der Waals surface area contributed by atoms with Crippen molar-refractivity contribution in [2.24, 2.45) is 0 Å². The Morgan fingerprint density at radius 3 is 2.86 bits per heavy atom. The number of methoxy groups -OCH3 is 1. The largest absolute Gasteiger partial charge is 0.495 e. The zero-order valence-corrected chi connectivity index (χ0v) is 13.7. The fourth-order valence-corrected chi connectivity index (χ4v) is 2.86. The van der Waals surface area contributed by atoms with Crippen LogP contribution in [-0.2, 0) is 0 Å². The van der Waals surface area contributed by atoms with Gasteiger partial charge >= 0.3 is 0 Å². The first kappa shape index (κ1) is 16.5. The predicted octanol–water partition coefficient (Wildman–Crippen LogP) is 4.88. The zero-order chi connectivity index (χ0) is 15.9. The van der Waals surface area contributed by atoms with Crippen LogP contribution in [0.4, 0.5) is 5.69 Å². The Bertz CT molecular complexity index is 688. The lowest BCUT2D eigenvalue weighted by molar-refractivity contribution is 0.102. The Morgan fingerprint density at radius 1 is 1.36 bits per heavy atom. The summed E-state index contributed by atoms with van der Waals surface area (Å²) in [5.74, 6) is 1.10. The van der Waals surface area contributed by atoms with Crippen LogP contribution in [0.5, 0.6) is 5.75 Å². The van der Waals surface area contributed by atoms with Gasteiger partial charge in [0, 0.05) is 15.7 Å². The first-order valence-corrected chi connectivity index (χ1v) is 7.99. The summed E-state index contributed by atoms with van der Waals surface area (Å²) in [5.41, 5.74) is 1.15. The third-order valence-electron chi connectivity index (χ3n) is 2.90. The van der Waals surface area contributed by atoms with Gasteiger partial charge in [-0.25, -0.2) is 0 Å². The van der Waals surface area contributed by atoms with Crippen molar-refractivity contribution in [2.75, 3.05) is 18.2 Å². The Labute approximate surface area is 139 Å². The molecule has 0 aliphatic rings. The van der Waals surface area contributed by atoms with Crippen LogP contribution < -0.4 is 10.1 Å². The summed E-state index contributed by atoms with van der Waals surface area (Å²) in [4.78, 5) is 13.4. The van der Waals surface area contributed by atoms with Gasteiger partial charge in [-0.15, -0.1) is 18.3 Å². The Hall–Kier alpha value is -1.91. The van der Waals surface area contributed by atoms with E-state index in [0.717, 1.165) is 10.6 Å². The van der Waals surface area contributed by atoms with Crippen molar-refractivity contribution >= 4 is 35.0 Å².